The van der Waals surface area contributed by atoms with Gasteiger partial charge in [0.1, 0.15) is 0 Å². The first-order valence-electron chi connectivity index (χ1n) is 7.05. The first-order valence-corrected chi connectivity index (χ1v) is 8.03. The molecule has 21 heavy (non-hydrogen) atoms. The monoisotopic (exact) mass is 307 g/mol. The van der Waals surface area contributed by atoms with Gasteiger partial charge < -0.3 is 14.6 Å². The van der Waals surface area contributed by atoms with E-state index in [1.54, 1.807) is 28.8 Å². The number of rotatable bonds is 2. The van der Waals surface area contributed by atoms with Crippen LogP contribution in [0, 0.1) is 5.92 Å². The van der Waals surface area contributed by atoms with Crippen LogP contribution in [-0.2, 0) is 4.79 Å². The summed E-state index contributed by atoms with van der Waals surface area (Å²) in [5, 5.41) is 3.56. The Hall–Kier alpha value is -1.76. The lowest BCUT2D eigenvalue weighted by atomic mass is 9.97. The van der Waals surface area contributed by atoms with E-state index < -0.39 is 0 Å². The van der Waals surface area contributed by atoms with Crippen molar-refractivity contribution in [1.82, 2.24) is 10.2 Å². The number of piperidine rings is 1. The van der Waals surface area contributed by atoms with Gasteiger partial charge >= 0.3 is 0 Å². The Balaban J connectivity index is 1.60. The van der Waals surface area contributed by atoms with Gasteiger partial charge in [-0.2, -0.15) is 0 Å². The van der Waals surface area contributed by atoms with E-state index >= 15 is 0 Å². The molecule has 1 saturated heterocycles. The van der Waals surface area contributed by atoms with Crippen molar-refractivity contribution in [3.05, 3.63) is 24.2 Å². The quantitative estimate of drug-likeness (QED) is 0.895. The summed E-state index contributed by atoms with van der Waals surface area (Å²) < 4.78 is 5.14. The van der Waals surface area contributed by atoms with Crippen LogP contribution >= 0.6 is 11.8 Å². The van der Waals surface area contributed by atoms with Crippen LogP contribution in [0.15, 0.2) is 27.8 Å². The van der Waals surface area contributed by atoms with Crippen molar-refractivity contribution < 1.29 is 14.0 Å². The number of nitrogens with zero attached hydrogens (tertiary/aromatic N) is 2. The Morgan fingerprint density at radius 2 is 2.38 bits per heavy atom. The smallest absolute Gasteiger partial charge is 0.289 e. The Labute approximate surface area is 127 Å². The summed E-state index contributed by atoms with van der Waals surface area (Å²) in [6.45, 7) is 1.86. The third-order valence-corrected chi connectivity index (χ3v) is 4.52. The van der Waals surface area contributed by atoms with Gasteiger partial charge in [-0.15, -0.1) is 0 Å². The molecule has 0 aromatic carbocycles. The minimum atomic E-state index is -0.179. The molecule has 3 heterocycles. The average Bonchev–Trinajstić information content (AvgIpc) is 3.20. The minimum Gasteiger partial charge on any atom is -0.459 e. The Bertz CT molecular complexity index is 556. The van der Waals surface area contributed by atoms with Gasteiger partial charge in [-0.25, -0.2) is 0 Å². The van der Waals surface area contributed by atoms with E-state index in [4.69, 9.17) is 4.42 Å². The summed E-state index contributed by atoms with van der Waals surface area (Å²) in [7, 11) is 0. The van der Waals surface area contributed by atoms with Gasteiger partial charge in [0, 0.05) is 18.8 Å². The van der Waals surface area contributed by atoms with E-state index in [1.807, 2.05) is 0 Å². The number of furan rings is 1. The van der Waals surface area contributed by atoms with E-state index in [9.17, 15) is 9.59 Å². The Morgan fingerprint density at radius 3 is 3.10 bits per heavy atom. The van der Waals surface area contributed by atoms with Gasteiger partial charge in [0.15, 0.2) is 10.9 Å². The molecule has 0 spiro atoms. The molecular weight excluding hydrogens is 290 g/mol. The van der Waals surface area contributed by atoms with Gasteiger partial charge in [0.2, 0.25) is 5.91 Å². The van der Waals surface area contributed by atoms with E-state index in [0.717, 1.165) is 25.1 Å². The lowest BCUT2D eigenvalue weighted by Gasteiger charge is -2.31. The third-order valence-electron chi connectivity index (χ3n) is 3.63. The van der Waals surface area contributed by atoms with E-state index in [0.29, 0.717) is 24.0 Å². The highest BCUT2D eigenvalue weighted by Gasteiger charge is 2.30. The summed E-state index contributed by atoms with van der Waals surface area (Å²) in [6.07, 6.45) is 3.10. The van der Waals surface area contributed by atoms with Crippen molar-refractivity contribution in [3.8, 4) is 0 Å². The molecule has 0 unspecified atom stereocenters. The maximum Gasteiger partial charge on any atom is 0.289 e. The fourth-order valence-corrected chi connectivity index (χ4v) is 3.28. The van der Waals surface area contributed by atoms with Crippen molar-refractivity contribution in [2.75, 3.05) is 25.4 Å². The zero-order valence-electron chi connectivity index (χ0n) is 11.6. The molecule has 2 aliphatic rings. The highest BCUT2D eigenvalue weighted by molar-refractivity contribution is 8.14. The van der Waals surface area contributed by atoms with Gasteiger partial charge in [-0.1, -0.05) is 11.8 Å². The summed E-state index contributed by atoms with van der Waals surface area (Å²) >= 11 is 1.56. The van der Waals surface area contributed by atoms with Gasteiger partial charge in [0.05, 0.1) is 18.7 Å². The molecule has 1 aromatic rings. The largest absolute Gasteiger partial charge is 0.459 e. The molecule has 6 nitrogen and oxygen atoms in total. The summed E-state index contributed by atoms with van der Waals surface area (Å²) in [4.78, 5) is 30.4. The zero-order valence-corrected chi connectivity index (χ0v) is 12.4. The number of amidine groups is 1. The van der Waals surface area contributed by atoms with Crippen molar-refractivity contribution in [3.63, 3.8) is 0 Å². The van der Waals surface area contributed by atoms with E-state index in [-0.39, 0.29) is 17.7 Å². The lowest BCUT2D eigenvalue weighted by Crippen LogP contribution is -2.46. The maximum absolute atomic E-state index is 12.2. The summed E-state index contributed by atoms with van der Waals surface area (Å²) in [6, 6.07) is 3.34. The van der Waals surface area contributed by atoms with Crippen molar-refractivity contribution in [1.29, 1.82) is 0 Å². The van der Waals surface area contributed by atoms with Gasteiger partial charge in [-0.3, -0.25) is 14.6 Å². The number of aliphatic imine (C=N–C) groups is 1. The number of hydrogen-bond donors (Lipinski definition) is 1. The molecular formula is C14H17N3O3S. The molecule has 0 aliphatic carbocycles. The van der Waals surface area contributed by atoms with Crippen molar-refractivity contribution >= 4 is 28.7 Å². The second kappa shape index (κ2) is 6.34. The predicted molar refractivity (Wildman–Crippen MR) is 80.2 cm³/mol. The highest BCUT2D eigenvalue weighted by Crippen LogP contribution is 2.20. The fourth-order valence-electron chi connectivity index (χ4n) is 2.55. The van der Waals surface area contributed by atoms with E-state index in [1.165, 1.54) is 6.26 Å². The topological polar surface area (TPSA) is 74.9 Å². The van der Waals surface area contributed by atoms with Crippen LogP contribution in [0.4, 0.5) is 0 Å². The predicted octanol–water partition coefficient (Wildman–Crippen LogP) is 1.35. The summed E-state index contributed by atoms with van der Waals surface area (Å²) in [5.41, 5.74) is 0. The SMILES string of the molecule is O=C(NC1=NCCS1)[C@@H]1CCCN(C(=O)c2ccco2)C1. The normalized spacial score (nSPS) is 22.0. The van der Waals surface area contributed by atoms with Crippen LogP contribution in [0.3, 0.4) is 0 Å². The number of nitrogens with one attached hydrogen (secondary N) is 1. The number of thioether (sulfide) groups is 1. The molecule has 0 bridgehead atoms. The highest BCUT2D eigenvalue weighted by atomic mass is 32.2. The van der Waals surface area contributed by atoms with Crippen LogP contribution in [0.25, 0.3) is 0 Å². The van der Waals surface area contributed by atoms with Crippen LogP contribution in [0.1, 0.15) is 23.4 Å². The molecule has 112 valence electrons. The number of carbonyl (C=O) groups is 2. The minimum absolute atomic E-state index is 0.0416. The number of likely N-dealkylation sites (tertiary alicyclic amines) is 1. The Kier molecular flexibility index (Phi) is 4.28. The molecule has 1 atom stereocenters. The fraction of sp³-hybridized carbons (Fsp3) is 0.500. The molecule has 2 aliphatic heterocycles. The third kappa shape index (κ3) is 3.29. The zero-order chi connectivity index (χ0) is 14.7. The van der Waals surface area contributed by atoms with Crippen LogP contribution < -0.4 is 5.32 Å². The molecule has 7 heteroatoms. The molecule has 1 N–H and O–H groups in total. The van der Waals surface area contributed by atoms with E-state index in [2.05, 4.69) is 10.3 Å². The standard InChI is InChI=1S/C14H17N3O3S/c18-12(16-14-15-5-8-21-14)10-3-1-6-17(9-10)13(19)11-4-2-7-20-11/h2,4,7,10H,1,3,5-6,8-9H2,(H,15,16,18)/t10-/m1/s1. The number of amides is 2. The Morgan fingerprint density at radius 1 is 1.48 bits per heavy atom. The molecule has 1 aromatic heterocycles. The molecule has 0 saturated carbocycles. The van der Waals surface area contributed by atoms with Crippen molar-refractivity contribution in [2.24, 2.45) is 10.9 Å². The second-order valence-electron chi connectivity index (χ2n) is 5.09. The van der Waals surface area contributed by atoms with Gasteiger partial charge in [0.25, 0.3) is 5.91 Å². The molecule has 2 amide bonds. The van der Waals surface area contributed by atoms with Crippen LogP contribution in [0.5, 0.6) is 0 Å². The first kappa shape index (κ1) is 14.2. The average molecular weight is 307 g/mol. The summed E-state index contributed by atoms with van der Waals surface area (Å²) in [5.74, 6) is 0.877. The van der Waals surface area contributed by atoms with Crippen LogP contribution in [0.2, 0.25) is 0 Å². The molecule has 0 radical (unpaired) electrons. The number of carbonyl (C=O) groups excluding carboxylic acids is 2. The lowest BCUT2D eigenvalue weighted by molar-refractivity contribution is -0.124. The molecule has 3 rings (SSSR count). The van der Waals surface area contributed by atoms with Crippen LogP contribution in [-0.4, -0.2) is 47.3 Å². The second-order valence-corrected chi connectivity index (χ2v) is 6.18. The van der Waals surface area contributed by atoms with Gasteiger partial charge in [-0.05, 0) is 25.0 Å². The first-order chi connectivity index (χ1) is 10.2. The van der Waals surface area contributed by atoms with Crippen molar-refractivity contribution in [2.45, 2.75) is 12.8 Å². The number of hydrogen-bond acceptors (Lipinski definition) is 5. The maximum atomic E-state index is 12.2. The molecule has 1 fully saturated rings.